The maximum atomic E-state index is 8.58. The lowest BCUT2D eigenvalue weighted by molar-refractivity contribution is 0.318. The summed E-state index contributed by atoms with van der Waals surface area (Å²) in [6.07, 6.45) is 4.21. The summed E-state index contributed by atoms with van der Waals surface area (Å²) in [6, 6.07) is 0. The number of hydrogen-bond donors (Lipinski definition) is 2. The van der Waals surface area contributed by atoms with Crippen molar-refractivity contribution in [2.24, 2.45) is 10.9 Å². The summed E-state index contributed by atoms with van der Waals surface area (Å²) >= 11 is 0. The Bertz CT molecular complexity index is 403. The van der Waals surface area contributed by atoms with Crippen molar-refractivity contribution in [3.05, 3.63) is 18.1 Å². The summed E-state index contributed by atoms with van der Waals surface area (Å²) in [5.74, 6) is 0.771. The Hall–Kier alpha value is -1.89. The van der Waals surface area contributed by atoms with Crippen molar-refractivity contribution >= 4 is 11.7 Å². The van der Waals surface area contributed by atoms with Crippen LogP contribution in [0.5, 0.6) is 0 Å². The average molecular weight is 266 g/mol. The second-order valence-electron chi connectivity index (χ2n) is 4.54. The van der Waals surface area contributed by atoms with Crippen LogP contribution < -0.4 is 10.6 Å². The Morgan fingerprint density at radius 3 is 2.47 bits per heavy atom. The van der Waals surface area contributed by atoms with E-state index in [9.17, 15) is 0 Å². The van der Waals surface area contributed by atoms with Crippen LogP contribution in [0, 0.1) is 0 Å². The van der Waals surface area contributed by atoms with Crippen LogP contribution in [0.1, 0.15) is 19.0 Å². The molecule has 0 atom stereocenters. The molecule has 0 fully saturated rings. The fourth-order valence-corrected chi connectivity index (χ4v) is 1.60. The van der Waals surface area contributed by atoms with Crippen LogP contribution in [-0.2, 0) is 0 Å². The number of hydrogen-bond acceptors (Lipinski definition) is 6. The maximum absolute atomic E-state index is 8.58. The summed E-state index contributed by atoms with van der Waals surface area (Å²) in [5, 5.41) is 11.5. The minimum Gasteiger partial charge on any atom is -0.409 e. The summed E-state index contributed by atoms with van der Waals surface area (Å²) in [4.78, 5) is 12.8. The molecule has 7 heteroatoms. The van der Waals surface area contributed by atoms with E-state index in [1.54, 1.807) is 6.20 Å². The molecule has 19 heavy (non-hydrogen) atoms. The predicted octanol–water partition coefficient (Wildman–Crippen LogP) is 0.349. The van der Waals surface area contributed by atoms with E-state index in [4.69, 9.17) is 10.9 Å². The van der Waals surface area contributed by atoms with Crippen LogP contribution in [0.15, 0.2) is 17.5 Å². The van der Waals surface area contributed by atoms with Gasteiger partial charge in [0.25, 0.3) is 0 Å². The molecule has 1 rings (SSSR count). The topological polar surface area (TPSA) is 90.9 Å². The zero-order valence-corrected chi connectivity index (χ0v) is 11.7. The smallest absolute Gasteiger partial charge is 0.190 e. The second kappa shape index (κ2) is 7.52. The lowest BCUT2D eigenvalue weighted by Crippen LogP contribution is -2.33. The van der Waals surface area contributed by atoms with Crippen LogP contribution in [0.2, 0.25) is 0 Å². The molecule has 0 aliphatic carbocycles. The molecule has 1 heterocycles. The largest absolute Gasteiger partial charge is 0.409 e. The zero-order valence-electron chi connectivity index (χ0n) is 11.7. The fraction of sp³-hybridized carbons (Fsp3) is 0.583. The van der Waals surface area contributed by atoms with Gasteiger partial charge >= 0.3 is 0 Å². The molecule has 1 aromatic rings. The van der Waals surface area contributed by atoms with Gasteiger partial charge < -0.3 is 20.7 Å². The normalized spacial score (nSPS) is 11.9. The van der Waals surface area contributed by atoms with Crippen LogP contribution in [0.4, 0.5) is 5.82 Å². The highest BCUT2D eigenvalue weighted by molar-refractivity contribution is 5.94. The molecule has 106 valence electrons. The van der Waals surface area contributed by atoms with E-state index in [2.05, 4.69) is 31.8 Å². The first kappa shape index (κ1) is 15.2. The minimum atomic E-state index is -0.0330. The van der Waals surface area contributed by atoms with E-state index < -0.39 is 0 Å². The van der Waals surface area contributed by atoms with Crippen LogP contribution in [-0.4, -0.2) is 59.6 Å². The van der Waals surface area contributed by atoms with E-state index in [0.29, 0.717) is 5.69 Å². The first-order valence-electron chi connectivity index (χ1n) is 6.28. The second-order valence-corrected chi connectivity index (χ2v) is 4.54. The summed E-state index contributed by atoms with van der Waals surface area (Å²) < 4.78 is 0. The standard InChI is InChI=1S/C12H22N6O/c1-4-5-18(7-6-17(2)3)11-9-14-10(8-15-11)12(13)16-19/h8-9,19H,4-7H2,1-3H3,(H2,13,16). The van der Waals surface area contributed by atoms with Crippen LogP contribution in [0.25, 0.3) is 0 Å². The molecule has 1 aromatic heterocycles. The summed E-state index contributed by atoms with van der Waals surface area (Å²) in [7, 11) is 4.08. The van der Waals surface area contributed by atoms with E-state index >= 15 is 0 Å². The first-order valence-corrected chi connectivity index (χ1v) is 6.28. The van der Waals surface area contributed by atoms with E-state index in [0.717, 1.165) is 31.9 Å². The highest BCUT2D eigenvalue weighted by atomic mass is 16.4. The van der Waals surface area contributed by atoms with Gasteiger partial charge in [0.05, 0.1) is 12.4 Å². The monoisotopic (exact) mass is 266 g/mol. The Balaban J connectivity index is 2.79. The van der Waals surface area contributed by atoms with Gasteiger partial charge in [0, 0.05) is 19.6 Å². The van der Waals surface area contributed by atoms with Crippen molar-refractivity contribution < 1.29 is 5.21 Å². The molecule has 0 spiro atoms. The molecular formula is C12H22N6O. The van der Waals surface area contributed by atoms with Gasteiger partial charge in [-0.25, -0.2) is 9.97 Å². The molecule has 0 aliphatic heterocycles. The third kappa shape index (κ3) is 4.70. The third-order valence-electron chi connectivity index (χ3n) is 2.64. The molecule has 0 aliphatic rings. The number of nitrogens with two attached hydrogens (primary N) is 1. The molecule has 3 N–H and O–H groups in total. The van der Waals surface area contributed by atoms with Gasteiger partial charge in [-0.15, -0.1) is 0 Å². The van der Waals surface area contributed by atoms with E-state index in [1.165, 1.54) is 6.20 Å². The van der Waals surface area contributed by atoms with Gasteiger partial charge in [0.2, 0.25) is 0 Å². The molecular weight excluding hydrogens is 244 g/mol. The lowest BCUT2D eigenvalue weighted by atomic mass is 10.3. The third-order valence-corrected chi connectivity index (χ3v) is 2.64. The summed E-state index contributed by atoms with van der Waals surface area (Å²) in [6.45, 7) is 4.88. The molecule has 0 saturated carbocycles. The van der Waals surface area contributed by atoms with Gasteiger partial charge in [-0.1, -0.05) is 12.1 Å². The first-order chi connectivity index (χ1) is 9.08. The SMILES string of the molecule is CCCN(CCN(C)C)c1cnc(C(N)=NO)cn1. The lowest BCUT2D eigenvalue weighted by Gasteiger charge is -2.24. The Labute approximate surface area is 113 Å². The van der Waals surface area contributed by atoms with E-state index in [-0.39, 0.29) is 5.84 Å². The number of oxime groups is 1. The molecule has 7 nitrogen and oxygen atoms in total. The van der Waals surface area contributed by atoms with Crippen molar-refractivity contribution in [1.82, 2.24) is 14.9 Å². The van der Waals surface area contributed by atoms with Gasteiger partial charge in [0.1, 0.15) is 11.5 Å². The van der Waals surface area contributed by atoms with Crippen molar-refractivity contribution in [2.45, 2.75) is 13.3 Å². The van der Waals surface area contributed by atoms with Crippen molar-refractivity contribution in [3.63, 3.8) is 0 Å². The van der Waals surface area contributed by atoms with Crippen LogP contribution in [0.3, 0.4) is 0 Å². The fourth-order valence-electron chi connectivity index (χ4n) is 1.60. The Morgan fingerprint density at radius 2 is 2.00 bits per heavy atom. The Morgan fingerprint density at radius 1 is 1.26 bits per heavy atom. The van der Waals surface area contributed by atoms with Gasteiger partial charge in [-0.2, -0.15) is 0 Å². The summed E-state index contributed by atoms with van der Waals surface area (Å²) in [5.41, 5.74) is 5.83. The number of nitrogens with zero attached hydrogens (tertiary/aromatic N) is 5. The predicted molar refractivity (Wildman–Crippen MR) is 75.6 cm³/mol. The number of aromatic nitrogens is 2. The van der Waals surface area contributed by atoms with Crippen molar-refractivity contribution in [3.8, 4) is 0 Å². The Kier molecular flexibility index (Phi) is 6.01. The van der Waals surface area contributed by atoms with E-state index in [1.807, 2.05) is 14.1 Å². The molecule has 0 saturated heterocycles. The number of likely N-dealkylation sites (N-methyl/N-ethyl adjacent to an activating group) is 1. The maximum Gasteiger partial charge on any atom is 0.190 e. The van der Waals surface area contributed by atoms with Gasteiger partial charge in [-0.3, -0.25) is 0 Å². The molecule has 0 radical (unpaired) electrons. The highest BCUT2D eigenvalue weighted by Gasteiger charge is 2.09. The quantitative estimate of drug-likeness (QED) is 0.320. The molecule has 0 bridgehead atoms. The zero-order chi connectivity index (χ0) is 14.3. The number of amidine groups is 1. The van der Waals surface area contributed by atoms with Gasteiger partial charge in [-0.05, 0) is 20.5 Å². The minimum absolute atomic E-state index is 0.0330. The average Bonchev–Trinajstić information content (AvgIpc) is 2.42. The molecule has 0 unspecified atom stereocenters. The van der Waals surface area contributed by atoms with Crippen LogP contribution >= 0.6 is 0 Å². The molecule has 0 aromatic carbocycles. The number of rotatable bonds is 7. The van der Waals surface area contributed by atoms with Crippen molar-refractivity contribution in [2.75, 3.05) is 38.6 Å². The van der Waals surface area contributed by atoms with Gasteiger partial charge in [0.15, 0.2) is 5.84 Å². The van der Waals surface area contributed by atoms with Crippen molar-refractivity contribution in [1.29, 1.82) is 0 Å². The number of anilines is 1. The molecule has 0 amide bonds. The highest BCUT2D eigenvalue weighted by Crippen LogP contribution is 2.09.